The highest BCUT2D eigenvalue weighted by Crippen LogP contribution is 2.18. The minimum absolute atomic E-state index is 0.274. The van der Waals surface area contributed by atoms with Crippen LogP contribution in [0.2, 0.25) is 0 Å². The summed E-state index contributed by atoms with van der Waals surface area (Å²) >= 11 is 0. The highest BCUT2D eigenvalue weighted by molar-refractivity contribution is 5.77. The van der Waals surface area contributed by atoms with Crippen molar-refractivity contribution in [2.45, 2.75) is 13.0 Å². The Balaban J connectivity index is 2.69. The third-order valence-corrected chi connectivity index (χ3v) is 2.19. The van der Waals surface area contributed by atoms with E-state index >= 15 is 0 Å². The van der Waals surface area contributed by atoms with E-state index in [0.29, 0.717) is 5.56 Å². The van der Waals surface area contributed by atoms with Crippen LogP contribution in [0.3, 0.4) is 0 Å². The van der Waals surface area contributed by atoms with Crippen LogP contribution in [0.5, 0.6) is 0 Å². The minimum atomic E-state index is -0.916. The van der Waals surface area contributed by atoms with Gasteiger partial charge in [-0.1, -0.05) is 30.3 Å². The number of hydrogen-bond acceptors (Lipinski definition) is 5. The summed E-state index contributed by atoms with van der Waals surface area (Å²) in [6.07, 6.45) is -0.916. The zero-order valence-corrected chi connectivity index (χ0v) is 10.4. The average molecular weight is 252 g/mol. The maximum Gasteiger partial charge on any atom is 0.339 e. The van der Waals surface area contributed by atoms with E-state index in [4.69, 9.17) is 9.47 Å². The molecule has 1 unspecified atom stereocenters. The van der Waals surface area contributed by atoms with Gasteiger partial charge in [0.05, 0.1) is 13.7 Å². The molecule has 0 aliphatic rings. The number of ether oxygens (including phenoxy) is 3. The first kappa shape index (κ1) is 14.2. The molecule has 1 atom stereocenters. The molecular formula is C13H16O5. The first-order chi connectivity index (χ1) is 8.69. The molecule has 0 aliphatic heterocycles. The summed E-state index contributed by atoms with van der Waals surface area (Å²) in [4.78, 5) is 22.8. The first-order valence-electron chi connectivity index (χ1n) is 5.59. The lowest BCUT2D eigenvalue weighted by Crippen LogP contribution is -2.22. The lowest BCUT2D eigenvalue weighted by atomic mass is 10.1. The number of carbonyl (C=O) groups is 2. The Morgan fingerprint density at radius 3 is 2.44 bits per heavy atom. The number of methoxy groups -OCH3 is 1. The Kier molecular flexibility index (Phi) is 5.87. The summed E-state index contributed by atoms with van der Waals surface area (Å²) in [7, 11) is 1.27. The van der Waals surface area contributed by atoms with Crippen molar-refractivity contribution >= 4 is 11.9 Å². The summed E-state index contributed by atoms with van der Waals surface area (Å²) in [6, 6.07) is 8.83. The molecule has 0 saturated heterocycles. The van der Waals surface area contributed by atoms with Crippen molar-refractivity contribution in [1.29, 1.82) is 0 Å². The van der Waals surface area contributed by atoms with E-state index in [-0.39, 0.29) is 13.2 Å². The van der Waals surface area contributed by atoms with Crippen molar-refractivity contribution in [2.75, 3.05) is 20.3 Å². The lowest BCUT2D eigenvalue weighted by molar-refractivity contribution is -0.161. The monoisotopic (exact) mass is 252 g/mol. The van der Waals surface area contributed by atoms with E-state index in [0.717, 1.165) is 0 Å². The molecule has 1 rings (SSSR count). The SMILES string of the molecule is CCOC(=O)COC(C(=O)OC)c1ccccc1. The number of benzene rings is 1. The van der Waals surface area contributed by atoms with Gasteiger partial charge < -0.3 is 14.2 Å². The van der Waals surface area contributed by atoms with Gasteiger partial charge in [0.15, 0.2) is 6.10 Å². The maximum atomic E-state index is 11.6. The first-order valence-corrected chi connectivity index (χ1v) is 5.59. The molecule has 0 radical (unpaired) electrons. The minimum Gasteiger partial charge on any atom is -0.467 e. The molecular weight excluding hydrogens is 236 g/mol. The van der Waals surface area contributed by atoms with Gasteiger partial charge >= 0.3 is 11.9 Å². The smallest absolute Gasteiger partial charge is 0.339 e. The van der Waals surface area contributed by atoms with Crippen LogP contribution < -0.4 is 0 Å². The van der Waals surface area contributed by atoms with Gasteiger partial charge in [0, 0.05) is 0 Å². The largest absolute Gasteiger partial charge is 0.467 e. The molecule has 18 heavy (non-hydrogen) atoms. The van der Waals surface area contributed by atoms with Gasteiger partial charge in [-0.15, -0.1) is 0 Å². The summed E-state index contributed by atoms with van der Waals surface area (Å²) < 4.78 is 14.6. The third-order valence-electron chi connectivity index (χ3n) is 2.19. The Morgan fingerprint density at radius 2 is 1.89 bits per heavy atom. The van der Waals surface area contributed by atoms with E-state index in [1.807, 2.05) is 6.07 Å². The molecule has 5 nitrogen and oxygen atoms in total. The van der Waals surface area contributed by atoms with Gasteiger partial charge in [0.25, 0.3) is 0 Å². The van der Waals surface area contributed by atoms with Gasteiger partial charge in [-0.25, -0.2) is 9.59 Å². The predicted molar refractivity (Wildman–Crippen MR) is 63.8 cm³/mol. The molecule has 5 heteroatoms. The maximum absolute atomic E-state index is 11.6. The van der Waals surface area contributed by atoms with Gasteiger partial charge in [-0.2, -0.15) is 0 Å². The highest BCUT2D eigenvalue weighted by Gasteiger charge is 2.23. The van der Waals surface area contributed by atoms with Crippen molar-refractivity contribution in [3.63, 3.8) is 0 Å². The molecule has 1 aromatic carbocycles. The fourth-order valence-corrected chi connectivity index (χ4v) is 1.39. The van der Waals surface area contributed by atoms with Gasteiger partial charge in [0.1, 0.15) is 6.61 Å². The number of esters is 2. The third kappa shape index (κ3) is 4.18. The second-order valence-corrected chi connectivity index (χ2v) is 3.43. The molecule has 0 spiro atoms. The van der Waals surface area contributed by atoms with Crippen molar-refractivity contribution in [3.05, 3.63) is 35.9 Å². The summed E-state index contributed by atoms with van der Waals surface area (Å²) in [5.74, 6) is -1.06. The fourth-order valence-electron chi connectivity index (χ4n) is 1.39. The standard InChI is InChI=1S/C13H16O5/c1-3-17-11(14)9-18-12(13(15)16-2)10-7-5-4-6-8-10/h4-8,12H,3,9H2,1-2H3. The van der Waals surface area contributed by atoms with Crippen LogP contribution in [0.25, 0.3) is 0 Å². The Morgan fingerprint density at radius 1 is 1.22 bits per heavy atom. The molecule has 0 fully saturated rings. The topological polar surface area (TPSA) is 61.8 Å². The van der Waals surface area contributed by atoms with Gasteiger partial charge in [0.2, 0.25) is 0 Å². The van der Waals surface area contributed by atoms with Crippen LogP contribution in [-0.4, -0.2) is 32.3 Å². The molecule has 0 N–H and O–H groups in total. The molecule has 0 heterocycles. The molecule has 0 aromatic heterocycles. The zero-order chi connectivity index (χ0) is 13.4. The summed E-state index contributed by atoms with van der Waals surface area (Å²) in [5, 5.41) is 0. The van der Waals surface area contributed by atoms with E-state index < -0.39 is 18.0 Å². The second kappa shape index (κ2) is 7.45. The highest BCUT2D eigenvalue weighted by atomic mass is 16.6. The quantitative estimate of drug-likeness (QED) is 0.718. The normalized spacial score (nSPS) is 11.7. The van der Waals surface area contributed by atoms with E-state index in [2.05, 4.69) is 4.74 Å². The van der Waals surface area contributed by atoms with Crippen molar-refractivity contribution in [3.8, 4) is 0 Å². The fraction of sp³-hybridized carbons (Fsp3) is 0.385. The Bertz CT molecular complexity index is 388. The Labute approximate surface area is 106 Å². The predicted octanol–water partition coefficient (Wildman–Crippen LogP) is 1.48. The average Bonchev–Trinajstić information content (AvgIpc) is 2.40. The molecule has 0 saturated carbocycles. The summed E-state index contributed by atoms with van der Waals surface area (Å²) in [5.41, 5.74) is 0.633. The van der Waals surface area contributed by atoms with Crippen LogP contribution >= 0.6 is 0 Å². The molecule has 0 bridgehead atoms. The van der Waals surface area contributed by atoms with Crippen molar-refractivity contribution in [1.82, 2.24) is 0 Å². The lowest BCUT2D eigenvalue weighted by Gasteiger charge is -2.15. The van der Waals surface area contributed by atoms with Crippen LogP contribution in [0.1, 0.15) is 18.6 Å². The Hall–Kier alpha value is -1.88. The molecule has 0 amide bonds. The summed E-state index contributed by atoms with van der Waals surface area (Å²) in [6.45, 7) is 1.69. The number of carbonyl (C=O) groups excluding carboxylic acids is 2. The van der Waals surface area contributed by atoms with Crippen molar-refractivity contribution < 1.29 is 23.8 Å². The molecule has 98 valence electrons. The van der Waals surface area contributed by atoms with E-state index in [1.165, 1.54) is 7.11 Å². The van der Waals surface area contributed by atoms with Crippen LogP contribution in [-0.2, 0) is 23.8 Å². The van der Waals surface area contributed by atoms with E-state index in [9.17, 15) is 9.59 Å². The van der Waals surface area contributed by atoms with E-state index in [1.54, 1.807) is 31.2 Å². The van der Waals surface area contributed by atoms with Crippen LogP contribution in [0.15, 0.2) is 30.3 Å². The second-order valence-electron chi connectivity index (χ2n) is 3.43. The van der Waals surface area contributed by atoms with Crippen LogP contribution in [0.4, 0.5) is 0 Å². The molecule has 1 aromatic rings. The van der Waals surface area contributed by atoms with Gasteiger partial charge in [-0.05, 0) is 12.5 Å². The van der Waals surface area contributed by atoms with Crippen molar-refractivity contribution in [2.24, 2.45) is 0 Å². The van der Waals surface area contributed by atoms with Crippen LogP contribution in [0, 0.1) is 0 Å². The number of hydrogen-bond donors (Lipinski definition) is 0. The van der Waals surface area contributed by atoms with Gasteiger partial charge in [-0.3, -0.25) is 0 Å². The number of rotatable bonds is 6. The molecule has 0 aliphatic carbocycles. The zero-order valence-electron chi connectivity index (χ0n) is 10.4.